The molecular formula is C16H19N3O5S. The molecule has 134 valence electrons. The molecule has 9 heteroatoms. The second-order valence-corrected chi connectivity index (χ2v) is 6.87. The third kappa shape index (κ3) is 4.44. The third-order valence-corrected chi connectivity index (χ3v) is 4.76. The fourth-order valence-corrected chi connectivity index (χ4v) is 3.23. The number of hydrogen-bond donors (Lipinski definition) is 1. The minimum absolute atomic E-state index is 0.000340. The summed E-state index contributed by atoms with van der Waals surface area (Å²) < 4.78 is 33.4. The molecule has 1 N–H and O–H groups in total. The molecule has 1 aliphatic rings. The van der Waals surface area contributed by atoms with Crippen LogP contribution in [-0.2, 0) is 24.5 Å². The molecule has 1 heterocycles. The van der Waals surface area contributed by atoms with Crippen LogP contribution in [0.3, 0.4) is 0 Å². The zero-order valence-corrected chi connectivity index (χ0v) is 15.0. The number of ether oxygens (including phenoxy) is 1. The maximum Gasteiger partial charge on any atom is 0.344 e. The van der Waals surface area contributed by atoms with Crippen molar-refractivity contribution >= 4 is 33.5 Å². The first-order valence-electron chi connectivity index (χ1n) is 7.57. The summed E-state index contributed by atoms with van der Waals surface area (Å²) in [5, 5.41) is 2.64. The van der Waals surface area contributed by atoms with E-state index in [0.717, 1.165) is 16.1 Å². The van der Waals surface area contributed by atoms with Gasteiger partial charge in [0.2, 0.25) is 5.91 Å². The Morgan fingerprint density at radius 2 is 1.92 bits per heavy atom. The first-order chi connectivity index (χ1) is 11.7. The van der Waals surface area contributed by atoms with Gasteiger partial charge in [0.05, 0.1) is 17.9 Å². The number of rotatable bonds is 5. The van der Waals surface area contributed by atoms with Crippen molar-refractivity contribution < 1.29 is 22.7 Å². The lowest BCUT2D eigenvalue weighted by Crippen LogP contribution is -2.37. The van der Waals surface area contributed by atoms with Gasteiger partial charge in [-0.2, -0.15) is 8.42 Å². The van der Waals surface area contributed by atoms with Crippen LogP contribution in [0.15, 0.2) is 40.4 Å². The van der Waals surface area contributed by atoms with Crippen LogP contribution in [0.4, 0.5) is 5.69 Å². The summed E-state index contributed by atoms with van der Waals surface area (Å²) in [6.45, 7) is 4.49. The first-order valence-corrected chi connectivity index (χ1v) is 8.97. The van der Waals surface area contributed by atoms with Gasteiger partial charge in [0, 0.05) is 11.9 Å². The van der Waals surface area contributed by atoms with E-state index in [1.54, 1.807) is 19.1 Å². The van der Waals surface area contributed by atoms with Crippen molar-refractivity contribution in [3.05, 3.63) is 41.6 Å². The Morgan fingerprint density at radius 1 is 1.24 bits per heavy atom. The van der Waals surface area contributed by atoms with Gasteiger partial charge in [0.25, 0.3) is 0 Å². The highest BCUT2D eigenvalue weighted by molar-refractivity contribution is 7.88. The standard InChI is InChI=1S/C16H19N3O5S/c1-4-24-16(21)13-9-19(25(22,23)18-12(13)3)10-15(20)17-14-8-6-5-7-11(14)2/h5-9H,4,10H2,1-3H3,(H,17,20). The van der Waals surface area contributed by atoms with Crippen LogP contribution in [0.5, 0.6) is 0 Å². The molecule has 1 aromatic rings. The summed E-state index contributed by atoms with van der Waals surface area (Å²) in [4.78, 5) is 24.1. The van der Waals surface area contributed by atoms with Gasteiger partial charge in [0.1, 0.15) is 6.54 Å². The molecular weight excluding hydrogens is 346 g/mol. The number of benzene rings is 1. The Balaban J connectivity index is 2.20. The molecule has 8 nitrogen and oxygen atoms in total. The first kappa shape index (κ1) is 18.7. The highest BCUT2D eigenvalue weighted by atomic mass is 32.2. The van der Waals surface area contributed by atoms with Crippen LogP contribution in [0.1, 0.15) is 19.4 Å². The molecule has 0 saturated heterocycles. The number of carbonyl (C=O) groups is 2. The third-order valence-electron chi connectivity index (χ3n) is 3.43. The van der Waals surface area contributed by atoms with Gasteiger partial charge in [-0.25, -0.2) is 9.10 Å². The fraction of sp³-hybridized carbons (Fsp3) is 0.312. The number of amides is 1. The van der Waals surface area contributed by atoms with Crippen molar-refractivity contribution in [1.29, 1.82) is 0 Å². The maximum atomic E-state index is 12.2. The Bertz CT molecular complexity index is 858. The van der Waals surface area contributed by atoms with E-state index in [2.05, 4.69) is 9.71 Å². The number of nitrogens with one attached hydrogen (secondary N) is 1. The van der Waals surface area contributed by atoms with E-state index in [1.165, 1.54) is 6.92 Å². The van der Waals surface area contributed by atoms with Gasteiger partial charge in [-0.05, 0) is 32.4 Å². The highest BCUT2D eigenvalue weighted by Gasteiger charge is 2.30. The van der Waals surface area contributed by atoms with E-state index in [-0.39, 0.29) is 17.9 Å². The second kappa shape index (κ2) is 7.47. The number of para-hydroxylation sites is 1. The van der Waals surface area contributed by atoms with E-state index in [0.29, 0.717) is 5.69 Å². The number of esters is 1. The lowest BCUT2D eigenvalue weighted by molar-refractivity contribution is -0.138. The SMILES string of the molecule is CCOC(=O)C1=CN(CC(=O)Nc2ccccc2C)S(=O)(=O)N=C1C. The Hall–Kier alpha value is -2.68. The van der Waals surface area contributed by atoms with E-state index in [4.69, 9.17) is 4.74 Å². The average Bonchev–Trinajstić information content (AvgIpc) is 2.52. The molecule has 1 aliphatic heterocycles. The van der Waals surface area contributed by atoms with Gasteiger partial charge in [-0.1, -0.05) is 18.2 Å². The fourth-order valence-electron chi connectivity index (χ4n) is 2.16. The molecule has 0 saturated carbocycles. The zero-order chi connectivity index (χ0) is 18.6. The number of aryl methyl sites for hydroxylation is 1. The van der Waals surface area contributed by atoms with Crippen LogP contribution < -0.4 is 5.32 Å². The van der Waals surface area contributed by atoms with Crippen LogP contribution in [-0.4, -0.2) is 43.5 Å². The van der Waals surface area contributed by atoms with E-state index in [9.17, 15) is 18.0 Å². The number of nitrogens with zero attached hydrogens (tertiary/aromatic N) is 2. The molecule has 0 spiro atoms. The van der Waals surface area contributed by atoms with E-state index >= 15 is 0 Å². The summed E-state index contributed by atoms with van der Waals surface area (Å²) in [5.74, 6) is -1.24. The van der Waals surface area contributed by atoms with Crippen molar-refractivity contribution in [1.82, 2.24) is 4.31 Å². The summed E-state index contributed by atoms with van der Waals surface area (Å²) in [6, 6.07) is 7.11. The second-order valence-electron chi connectivity index (χ2n) is 5.33. The molecule has 0 fully saturated rings. The largest absolute Gasteiger partial charge is 0.462 e. The normalized spacial score (nSPS) is 15.9. The van der Waals surface area contributed by atoms with Gasteiger partial charge in [0.15, 0.2) is 0 Å². The zero-order valence-electron chi connectivity index (χ0n) is 14.1. The molecule has 0 unspecified atom stereocenters. The monoisotopic (exact) mass is 365 g/mol. The van der Waals surface area contributed by atoms with Gasteiger partial charge in [-0.3, -0.25) is 4.79 Å². The van der Waals surface area contributed by atoms with Gasteiger partial charge in [-0.15, -0.1) is 4.40 Å². The van der Waals surface area contributed by atoms with E-state index in [1.807, 2.05) is 19.1 Å². The Morgan fingerprint density at radius 3 is 2.56 bits per heavy atom. The minimum Gasteiger partial charge on any atom is -0.462 e. The van der Waals surface area contributed by atoms with Gasteiger partial charge < -0.3 is 10.1 Å². The predicted octanol–water partition coefficient (Wildman–Crippen LogP) is 1.40. The lowest BCUT2D eigenvalue weighted by Gasteiger charge is -2.23. The molecule has 0 aliphatic carbocycles. The molecule has 2 rings (SSSR count). The lowest BCUT2D eigenvalue weighted by atomic mass is 10.2. The van der Waals surface area contributed by atoms with Crippen LogP contribution in [0.2, 0.25) is 0 Å². The minimum atomic E-state index is -4.08. The smallest absolute Gasteiger partial charge is 0.344 e. The van der Waals surface area contributed by atoms with Crippen LogP contribution >= 0.6 is 0 Å². The molecule has 0 radical (unpaired) electrons. The topological polar surface area (TPSA) is 105 Å². The van der Waals surface area contributed by atoms with Crippen molar-refractivity contribution in [3.8, 4) is 0 Å². The highest BCUT2D eigenvalue weighted by Crippen LogP contribution is 2.18. The van der Waals surface area contributed by atoms with Crippen molar-refractivity contribution in [2.24, 2.45) is 4.40 Å². The Kier molecular flexibility index (Phi) is 5.58. The maximum absolute atomic E-state index is 12.2. The summed E-state index contributed by atoms with van der Waals surface area (Å²) >= 11 is 0. The number of hydrogen-bond acceptors (Lipinski definition) is 5. The number of carbonyl (C=O) groups excluding carboxylic acids is 2. The quantitative estimate of drug-likeness (QED) is 0.794. The summed E-state index contributed by atoms with van der Waals surface area (Å²) in [7, 11) is -4.08. The molecule has 0 bridgehead atoms. The average molecular weight is 365 g/mol. The molecule has 0 atom stereocenters. The summed E-state index contributed by atoms with van der Waals surface area (Å²) in [6.07, 6.45) is 1.08. The van der Waals surface area contributed by atoms with Crippen LogP contribution in [0, 0.1) is 6.92 Å². The predicted molar refractivity (Wildman–Crippen MR) is 93.3 cm³/mol. The van der Waals surface area contributed by atoms with Crippen molar-refractivity contribution in [3.63, 3.8) is 0 Å². The molecule has 1 amide bonds. The van der Waals surface area contributed by atoms with Gasteiger partial charge >= 0.3 is 16.2 Å². The van der Waals surface area contributed by atoms with Crippen molar-refractivity contribution in [2.45, 2.75) is 20.8 Å². The number of anilines is 1. The van der Waals surface area contributed by atoms with E-state index < -0.39 is 28.6 Å². The summed E-state index contributed by atoms with van der Waals surface area (Å²) in [5.41, 5.74) is 1.44. The molecule has 25 heavy (non-hydrogen) atoms. The molecule has 0 aromatic heterocycles. The Labute approximate surface area is 146 Å². The molecule has 1 aromatic carbocycles. The van der Waals surface area contributed by atoms with Crippen LogP contribution in [0.25, 0.3) is 0 Å². The van der Waals surface area contributed by atoms with Crippen molar-refractivity contribution in [2.75, 3.05) is 18.5 Å².